The first-order chi connectivity index (χ1) is 12.6. The second-order valence-electron chi connectivity index (χ2n) is 7.21. The van der Waals surface area contributed by atoms with Crippen LogP contribution >= 0.6 is 0 Å². The number of esters is 1. The van der Waals surface area contributed by atoms with E-state index in [0.717, 1.165) is 27.7 Å². The zero-order chi connectivity index (χ0) is 18.3. The van der Waals surface area contributed by atoms with Crippen LogP contribution in [0.3, 0.4) is 0 Å². The fraction of sp³-hybridized carbons (Fsp3) is 0.429. The van der Waals surface area contributed by atoms with Gasteiger partial charge in [-0.15, -0.1) is 0 Å². The molecular weight excluding hydrogens is 326 g/mol. The molecule has 1 aliphatic rings. The van der Waals surface area contributed by atoms with E-state index in [9.17, 15) is 4.79 Å². The zero-order valence-corrected chi connectivity index (χ0v) is 15.7. The van der Waals surface area contributed by atoms with Gasteiger partial charge in [0.2, 0.25) is 0 Å². The van der Waals surface area contributed by atoms with Crippen LogP contribution in [0.2, 0.25) is 0 Å². The number of carbonyl (C=O) groups excluding carboxylic acids is 1. The number of methoxy groups -OCH3 is 1. The Labute approximate surface area is 153 Å². The van der Waals surface area contributed by atoms with Crippen LogP contribution in [0.5, 0.6) is 0 Å². The maximum absolute atomic E-state index is 12.3. The molecule has 136 valence electrons. The Hall–Kier alpha value is -2.56. The number of rotatable bonds is 3. The average Bonchev–Trinajstić information content (AvgIpc) is 3.26. The average molecular weight is 351 g/mol. The van der Waals surface area contributed by atoms with E-state index in [2.05, 4.69) is 26.6 Å². The Morgan fingerprint density at radius 3 is 2.73 bits per heavy atom. The number of hydrogen-bond acceptors (Lipinski definition) is 3. The summed E-state index contributed by atoms with van der Waals surface area (Å²) in [5, 5.41) is 5.58. The lowest BCUT2D eigenvalue weighted by atomic mass is 9.96. The SMILES string of the molecule is COC(=O)c1c(C)n(C)c2c(-c3cnn(C4CCCCC4)c3)cccc12. The molecule has 5 heteroatoms. The van der Waals surface area contributed by atoms with Crippen molar-refractivity contribution in [1.29, 1.82) is 0 Å². The summed E-state index contributed by atoms with van der Waals surface area (Å²) >= 11 is 0. The molecule has 0 radical (unpaired) electrons. The minimum Gasteiger partial charge on any atom is -0.465 e. The maximum atomic E-state index is 12.3. The summed E-state index contributed by atoms with van der Waals surface area (Å²) in [7, 11) is 3.43. The largest absolute Gasteiger partial charge is 0.465 e. The molecule has 2 aromatic heterocycles. The smallest absolute Gasteiger partial charge is 0.340 e. The van der Waals surface area contributed by atoms with Crippen molar-refractivity contribution in [2.24, 2.45) is 7.05 Å². The van der Waals surface area contributed by atoms with E-state index < -0.39 is 0 Å². The first kappa shape index (κ1) is 16.9. The molecule has 2 heterocycles. The number of para-hydroxylation sites is 1. The number of fused-ring (bicyclic) bond motifs is 1. The molecule has 26 heavy (non-hydrogen) atoms. The van der Waals surface area contributed by atoms with Gasteiger partial charge in [0.25, 0.3) is 0 Å². The van der Waals surface area contributed by atoms with Crippen molar-refractivity contribution in [3.05, 3.63) is 41.9 Å². The summed E-state index contributed by atoms with van der Waals surface area (Å²) in [4.78, 5) is 12.3. The Bertz CT molecular complexity index is 961. The van der Waals surface area contributed by atoms with Crippen molar-refractivity contribution in [3.63, 3.8) is 0 Å². The Kier molecular flexibility index (Phi) is 4.31. The van der Waals surface area contributed by atoms with E-state index in [1.54, 1.807) is 0 Å². The number of aryl methyl sites for hydroxylation is 1. The van der Waals surface area contributed by atoms with Gasteiger partial charge in [-0.25, -0.2) is 4.79 Å². The van der Waals surface area contributed by atoms with Gasteiger partial charge in [-0.2, -0.15) is 5.10 Å². The zero-order valence-electron chi connectivity index (χ0n) is 15.7. The van der Waals surface area contributed by atoms with Crippen molar-refractivity contribution < 1.29 is 9.53 Å². The van der Waals surface area contributed by atoms with Crippen molar-refractivity contribution >= 4 is 16.9 Å². The summed E-state index contributed by atoms with van der Waals surface area (Å²) in [6.45, 7) is 1.96. The molecule has 0 amide bonds. The van der Waals surface area contributed by atoms with Gasteiger partial charge in [0.15, 0.2) is 0 Å². The number of benzene rings is 1. The third-order valence-corrected chi connectivity index (χ3v) is 5.76. The van der Waals surface area contributed by atoms with Gasteiger partial charge < -0.3 is 9.30 Å². The van der Waals surface area contributed by atoms with Crippen molar-refractivity contribution in [3.8, 4) is 11.1 Å². The summed E-state index contributed by atoms with van der Waals surface area (Å²) in [5.74, 6) is -0.289. The molecule has 0 unspecified atom stereocenters. The standard InChI is InChI=1S/C21H25N3O2/c1-14-19(21(25)26-3)18-11-7-10-17(20(18)23(14)2)15-12-22-24(13-15)16-8-5-4-6-9-16/h7,10-13,16H,4-6,8-9H2,1-3H3. The molecule has 0 atom stereocenters. The summed E-state index contributed by atoms with van der Waals surface area (Å²) in [6, 6.07) is 6.61. The Balaban J connectivity index is 1.83. The summed E-state index contributed by atoms with van der Waals surface area (Å²) < 4.78 is 9.21. The van der Waals surface area contributed by atoms with E-state index in [-0.39, 0.29) is 5.97 Å². The molecule has 5 nitrogen and oxygen atoms in total. The molecule has 1 aromatic carbocycles. The molecular formula is C21H25N3O2. The van der Waals surface area contributed by atoms with Crippen LogP contribution in [0.25, 0.3) is 22.0 Å². The second kappa shape index (κ2) is 6.63. The number of carbonyl (C=O) groups is 1. The van der Waals surface area contributed by atoms with E-state index >= 15 is 0 Å². The first-order valence-electron chi connectivity index (χ1n) is 9.32. The normalized spacial score (nSPS) is 15.5. The fourth-order valence-electron chi connectivity index (χ4n) is 4.25. The molecule has 0 bridgehead atoms. The van der Waals surface area contributed by atoms with Gasteiger partial charge in [-0.1, -0.05) is 37.5 Å². The van der Waals surface area contributed by atoms with Crippen LogP contribution in [-0.2, 0) is 11.8 Å². The lowest BCUT2D eigenvalue weighted by molar-refractivity contribution is 0.0602. The fourth-order valence-corrected chi connectivity index (χ4v) is 4.25. The lowest BCUT2D eigenvalue weighted by Gasteiger charge is -2.21. The molecule has 3 aromatic rings. The Morgan fingerprint density at radius 1 is 1.23 bits per heavy atom. The number of hydrogen-bond donors (Lipinski definition) is 0. The molecule has 0 spiro atoms. The summed E-state index contributed by atoms with van der Waals surface area (Å²) in [6.07, 6.45) is 10.4. The van der Waals surface area contributed by atoms with E-state index in [4.69, 9.17) is 4.74 Å². The van der Waals surface area contributed by atoms with Gasteiger partial charge >= 0.3 is 5.97 Å². The predicted octanol–water partition coefficient (Wildman–Crippen LogP) is 4.64. The van der Waals surface area contributed by atoms with Crippen molar-refractivity contribution in [2.75, 3.05) is 7.11 Å². The van der Waals surface area contributed by atoms with E-state index in [0.29, 0.717) is 11.6 Å². The molecule has 4 rings (SSSR count). The molecule has 0 saturated heterocycles. The highest BCUT2D eigenvalue weighted by atomic mass is 16.5. The highest BCUT2D eigenvalue weighted by molar-refractivity contribution is 6.09. The van der Waals surface area contributed by atoms with Crippen molar-refractivity contribution in [1.82, 2.24) is 14.3 Å². The highest BCUT2D eigenvalue weighted by Gasteiger charge is 2.22. The van der Waals surface area contributed by atoms with Crippen LogP contribution in [0, 0.1) is 6.92 Å². The lowest BCUT2D eigenvalue weighted by Crippen LogP contribution is -2.12. The van der Waals surface area contributed by atoms with E-state index in [1.807, 2.05) is 32.3 Å². The molecule has 0 N–H and O–H groups in total. The molecule has 0 aliphatic heterocycles. The number of aromatic nitrogens is 3. The molecule has 1 aliphatic carbocycles. The number of nitrogens with zero attached hydrogens (tertiary/aromatic N) is 3. The van der Waals surface area contributed by atoms with Gasteiger partial charge in [0.05, 0.1) is 30.4 Å². The third kappa shape index (κ3) is 2.62. The quantitative estimate of drug-likeness (QED) is 0.646. The predicted molar refractivity (Wildman–Crippen MR) is 102 cm³/mol. The minimum absolute atomic E-state index is 0.289. The third-order valence-electron chi connectivity index (χ3n) is 5.76. The van der Waals surface area contributed by atoms with Crippen LogP contribution in [0.4, 0.5) is 0 Å². The number of ether oxygens (including phenoxy) is 1. The van der Waals surface area contributed by atoms with E-state index in [1.165, 1.54) is 39.2 Å². The highest BCUT2D eigenvalue weighted by Crippen LogP contribution is 2.35. The van der Waals surface area contributed by atoms with Crippen molar-refractivity contribution in [2.45, 2.75) is 45.1 Å². The van der Waals surface area contributed by atoms with Crippen LogP contribution in [0.15, 0.2) is 30.6 Å². The first-order valence-corrected chi connectivity index (χ1v) is 9.32. The van der Waals surface area contributed by atoms with Gasteiger partial charge in [-0.3, -0.25) is 4.68 Å². The van der Waals surface area contributed by atoms with Gasteiger partial charge in [0.1, 0.15) is 0 Å². The van der Waals surface area contributed by atoms with Crippen LogP contribution in [0.1, 0.15) is 54.2 Å². The van der Waals surface area contributed by atoms with Crippen LogP contribution < -0.4 is 0 Å². The minimum atomic E-state index is -0.289. The second-order valence-corrected chi connectivity index (χ2v) is 7.21. The molecule has 1 saturated carbocycles. The molecule has 1 fully saturated rings. The van der Waals surface area contributed by atoms with Crippen LogP contribution in [-0.4, -0.2) is 27.4 Å². The summed E-state index contributed by atoms with van der Waals surface area (Å²) in [5.41, 5.74) is 4.81. The van der Waals surface area contributed by atoms with Gasteiger partial charge in [0, 0.05) is 35.5 Å². The van der Waals surface area contributed by atoms with Gasteiger partial charge in [-0.05, 0) is 19.8 Å². The Morgan fingerprint density at radius 2 is 2.00 bits per heavy atom. The maximum Gasteiger partial charge on any atom is 0.340 e. The topological polar surface area (TPSA) is 49.1 Å². The monoisotopic (exact) mass is 351 g/mol.